The Hall–Kier alpha value is -1.12. The van der Waals surface area contributed by atoms with Gasteiger partial charge in [0.05, 0.1) is 0 Å². The third-order valence-corrected chi connectivity index (χ3v) is 5.20. The first kappa shape index (κ1) is 13.8. The zero-order valence-electron chi connectivity index (χ0n) is 12.0. The Kier molecular flexibility index (Phi) is 4.88. The first-order chi connectivity index (χ1) is 9.92. The van der Waals surface area contributed by atoms with Crippen LogP contribution in [-0.2, 0) is 6.54 Å². The largest absolute Gasteiger partial charge is 0.312 e. The Morgan fingerprint density at radius 2 is 1.85 bits per heavy atom. The number of rotatable bonds is 6. The van der Waals surface area contributed by atoms with Crippen LogP contribution in [0.4, 0.5) is 0 Å². The zero-order chi connectivity index (χ0) is 13.6. The van der Waals surface area contributed by atoms with Crippen molar-refractivity contribution in [3.05, 3.63) is 46.7 Å². The van der Waals surface area contributed by atoms with Gasteiger partial charge in [0.25, 0.3) is 0 Å². The van der Waals surface area contributed by atoms with Crippen LogP contribution in [0, 0.1) is 5.92 Å². The first-order valence-corrected chi connectivity index (χ1v) is 8.63. The van der Waals surface area contributed by atoms with Crippen LogP contribution in [0.2, 0.25) is 0 Å². The quantitative estimate of drug-likeness (QED) is 0.729. The molecule has 1 N–H and O–H groups in total. The van der Waals surface area contributed by atoms with Gasteiger partial charge >= 0.3 is 0 Å². The van der Waals surface area contributed by atoms with Gasteiger partial charge in [-0.25, -0.2) is 0 Å². The fourth-order valence-corrected chi connectivity index (χ4v) is 3.94. The van der Waals surface area contributed by atoms with Gasteiger partial charge in [0.15, 0.2) is 0 Å². The van der Waals surface area contributed by atoms with Gasteiger partial charge in [-0.15, -0.1) is 11.3 Å². The first-order valence-electron chi connectivity index (χ1n) is 7.75. The van der Waals surface area contributed by atoms with Crippen molar-refractivity contribution in [2.75, 3.05) is 6.54 Å². The summed E-state index contributed by atoms with van der Waals surface area (Å²) in [5.74, 6) is 0.991. The minimum Gasteiger partial charge on any atom is -0.312 e. The lowest BCUT2D eigenvalue weighted by Crippen LogP contribution is -2.16. The van der Waals surface area contributed by atoms with E-state index in [1.807, 2.05) is 11.3 Å². The van der Waals surface area contributed by atoms with Crippen LogP contribution in [-0.4, -0.2) is 6.54 Å². The molecule has 2 aromatic rings. The smallest absolute Gasteiger partial charge is 0.0299 e. The van der Waals surface area contributed by atoms with Gasteiger partial charge in [-0.2, -0.15) is 0 Å². The van der Waals surface area contributed by atoms with E-state index in [1.54, 1.807) is 0 Å². The molecule has 0 spiro atoms. The minimum absolute atomic E-state index is 0.991. The van der Waals surface area contributed by atoms with Gasteiger partial charge in [0.1, 0.15) is 0 Å². The summed E-state index contributed by atoms with van der Waals surface area (Å²) in [6.45, 7) is 2.19. The van der Waals surface area contributed by atoms with Crippen molar-refractivity contribution in [1.29, 1.82) is 0 Å². The van der Waals surface area contributed by atoms with E-state index in [2.05, 4.69) is 47.1 Å². The van der Waals surface area contributed by atoms with Crippen LogP contribution < -0.4 is 5.32 Å². The third kappa shape index (κ3) is 3.71. The molecule has 0 radical (unpaired) electrons. The van der Waals surface area contributed by atoms with E-state index in [0.29, 0.717) is 0 Å². The predicted molar refractivity (Wildman–Crippen MR) is 88.0 cm³/mol. The molecule has 1 heterocycles. The molecule has 1 aliphatic rings. The molecule has 1 aromatic carbocycles. The van der Waals surface area contributed by atoms with Gasteiger partial charge in [0, 0.05) is 11.4 Å². The van der Waals surface area contributed by atoms with Crippen molar-refractivity contribution in [3.8, 4) is 11.1 Å². The molecule has 1 aromatic heterocycles. The molecule has 1 fully saturated rings. The SMILES string of the molecule is c1ccc(-c2csc(CNCCC3CCCC3)c2)cc1. The lowest BCUT2D eigenvalue weighted by Gasteiger charge is -2.08. The Labute approximate surface area is 126 Å². The monoisotopic (exact) mass is 285 g/mol. The van der Waals surface area contributed by atoms with E-state index in [4.69, 9.17) is 0 Å². The summed E-state index contributed by atoms with van der Waals surface area (Å²) in [6, 6.07) is 13.0. The number of nitrogens with one attached hydrogen (secondary N) is 1. The van der Waals surface area contributed by atoms with Crippen LogP contribution in [0.1, 0.15) is 37.0 Å². The van der Waals surface area contributed by atoms with Crippen LogP contribution >= 0.6 is 11.3 Å². The Balaban J connectivity index is 1.45. The van der Waals surface area contributed by atoms with Crippen molar-refractivity contribution in [1.82, 2.24) is 5.32 Å². The second-order valence-electron chi connectivity index (χ2n) is 5.78. The van der Waals surface area contributed by atoms with Gasteiger partial charge in [-0.05, 0) is 41.5 Å². The molecule has 0 amide bonds. The molecule has 0 atom stereocenters. The number of thiophene rings is 1. The Bertz CT molecular complexity index is 511. The maximum Gasteiger partial charge on any atom is 0.0299 e. The minimum atomic E-state index is 0.991. The van der Waals surface area contributed by atoms with E-state index < -0.39 is 0 Å². The van der Waals surface area contributed by atoms with Crippen LogP contribution in [0.15, 0.2) is 41.8 Å². The highest BCUT2D eigenvalue weighted by Crippen LogP contribution is 2.27. The maximum atomic E-state index is 3.60. The van der Waals surface area contributed by atoms with Gasteiger partial charge < -0.3 is 5.32 Å². The Morgan fingerprint density at radius 1 is 1.05 bits per heavy atom. The van der Waals surface area contributed by atoms with E-state index in [1.165, 1.54) is 54.7 Å². The molecule has 0 saturated heterocycles. The summed E-state index contributed by atoms with van der Waals surface area (Å²) in [5, 5.41) is 5.87. The van der Waals surface area contributed by atoms with E-state index in [0.717, 1.165) is 12.5 Å². The van der Waals surface area contributed by atoms with Gasteiger partial charge in [0.2, 0.25) is 0 Å². The van der Waals surface area contributed by atoms with Crippen molar-refractivity contribution >= 4 is 11.3 Å². The zero-order valence-corrected chi connectivity index (χ0v) is 12.8. The van der Waals surface area contributed by atoms with Crippen LogP contribution in [0.5, 0.6) is 0 Å². The molecule has 20 heavy (non-hydrogen) atoms. The van der Waals surface area contributed by atoms with Gasteiger partial charge in [-0.1, -0.05) is 56.0 Å². The highest BCUT2D eigenvalue weighted by atomic mass is 32.1. The third-order valence-electron chi connectivity index (χ3n) is 4.26. The summed E-state index contributed by atoms with van der Waals surface area (Å²) in [4.78, 5) is 1.44. The van der Waals surface area contributed by atoms with Crippen LogP contribution in [0.25, 0.3) is 11.1 Å². The van der Waals surface area contributed by atoms with Crippen molar-refractivity contribution < 1.29 is 0 Å². The summed E-state index contributed by atoms with van der Waals surface area (Å²) < 4.78 is 0. The average Bonchev–Trinajstić information content (AvgIpc) is 3.16. The lowest BCUT2D eigenvalue weighted by atomic mass is 10.0. The molecule has 0 aliphatic heterocycles. The Morgan fingerprint density at radius 3 is 2.65 bits per heavy atom. The molecule has 1 aliphatic carbocycles. The summed E-state index contributed by atoms with van der Waals surface area (Å²) in [6.07, 6.45) is 7.18. The highest BCUT2D eigenvalue weighted by molar-refractivity contribution is 7.10. The summed E-state index contributed by atoms with van der Waals surface area (Å²) in [5.41, 5.74) is 2.67. The second kappa shape index (κ2) is 7.05. The fraction of sp³-hybridized carbons (Fsp3) is 0.444. The van der Waals surface area contributed by atoms with Gasteiger partial charge in [-0.3, -0.25) is 0 Å². The maximum absolute atomic E-state index is 3.60. The molecular formula is C18H23NS. The second-order valence-corrected chi connectivity index (χ2v) is 6.78. The normalized spacial score (nSPS) is 15.8. The molecule has 0 bridgehead atoms. The van der Waals surface area contributed by atoms with E-state index in [-0.39, 0.29) is 0 Å². The van der Waals surface area contributed by atoms with Crippen molar-refractivity contribution in [2.45, 2.75) is 38.6 Å². The molecule has 1 saturated carbocycles. The molecule has 2 heteroatoms. The lowest BCUT2D eigenvalue weighted by molar-refractivity contribution is 0.478. The van der Waals surface area contributed by atoms with E-state index >= 15 is 0 Å². The molecule has 0 unspecified atom stereocenters. The molecular weight excluding hydrogens is 262 g/mol. The molecule has 3 rings (SSSR count). The standard InChI is InChI=1S/C18H23NS/c1-2-8-16(9-3-1)17-12-18(20-14-17)13-19-11-10-15-6-4-5-7-15/h1-3,8-9,12,14-15,19H,4-7,10-11,13H2. The van der Waals surface area contributed by atoms with Crippen molar-refractivity contribution in [3.63, 3.8) is 0 Å². The summed E-state index contributed by atoms with van der Waals surface area (Å²) in [7, 11) is 0. The fourth-order valence-electron chi connectivity index (χ4n) is 3.07. The predicted octanol–water partition coefficient (Wildman–Crippen LogP) is 5.09. The average molecular weight is 285 g/mol. The number of benzene rings is 1. The van der Waals surface area contributed by atoms with Crippen molar-refractivity contribution in [2.24, 2.45) is 5.92 Å². The summed E-state index contributed by atoms with van der Waals surface area (Å²) >= 11 is 1.86. The molecule has 1 nitrogen and oxygen atoms in total. The van der Waals surface area contributed by atoms with E-state index in [9.17, 15) is 0 Å². The topological polar surface area (TPSA) is 12.0 Å². The number of hydrogen-bond donors (Lipinski definition) is 1. The molecule has 106 valence electrons. The highest BCUT2D eigenvalue weighted by Gasteiger charge is 2.13. The van der Waals surface area contributed by atoms with Crippen LogP contribution in [0.3, 0.4) is 0 Å². The number of hydrogen-bond acceptors (Lipinski definition) is 2.